The summed E-state index contributed by atoms with van der Waals surface area (Å²) in [5.41, 5.74) is -0.726. The highest BCUT2D eigenvalue weighted by Gasteiger charge is 2.49. The fraction of sp³-hybridized carbons (Fsp3) is 0.188. The summed E-state index contributed by atoms with van der Waals surface area (Å²) in [7, 11) is -1.26. The molecule has 4 heterocycles. The SMILES string of the molecule is CN1C=NC2C1C(=O)N(c1ccc(C[C@H](NC(=O)c3c(F)cc(NS(=O)(=O)c4ccc(-c5ncccn5)cn4)cc3F)C(=O)O)cc1)C(=O)N2C. The summed E-state index contributed by atoms with van der Waals surface area (Å²) in [5.74, 6) is -6.07. The summed E-state index contributed by atoms with van der Waals surface area (Å²) in [5, 5.41) is 11.4. The number of aliphatic imine (C=N–C) groups is 1. The third-order valence-corrected chi connectivity index (χ3v) is 9.38. The van der Waals surface area contributed by atoms with Crippen LogP contribution in [0.3, 0.4) is 0 Å². The number of likely N-dealkylation sites (N-methyl/N-ethyl adjacent to an activating group) is 2. The monoisotopic (exact) mass is 719 g/mol. The quantitative estimate of drug-likeness (QED) is 0.216. The third kappa shape index (κ3) is 6.78. The van der Waals surface area contributed by atoms with Crippen molar-refractivity contribution >= 4 is 51.6 Å². The van der Waals surface area contributed by atoms with Crippen LogP contribution in [0.1, 0.15) is 15.9 Å². The molecule has 6 rings (SSSR count). The summed E-state index contributed by atoms with van der Waals surface area (Å²) < 4.78 is 57.9. The average Bonchev–Trinajstić information content (AvgIpc) is 3.49. The van der Waals surface area contributed by atoms with E-state index in [-0.39, 0.29) is 12.1 Å². The third-order valence-electron chi connectivity index (χ3n) is 8.08. The Kier molecular flexibility index (Phi) is 9.13. The molecule has 3 atom stereocenters. The molecule has 51 heavy (non-hydrogen) atoms. The van der Waals surface area contributed by atoms with Gasteiger partial charge in [0.15, 0.2) is 23.1 Å². The lowest BCUT2D eigenvalue weighted by atomic mass is 10.0. The molecular weight excluding hydrogens is 692 g/mol. The van der Waals surface area contributed by atoms with Gasteiger partial charge in [0.25, 0.3) is 21.8 Å². The number of carbonyl (C=O) groups is 4. The summed E-state index contributed by atoms with van der Waals surface area (Å²) in [6.07, 6.45) is 4.66. The molecular formula is C32H27F2N9O7S. The molecule has 3 N–H and O–H groups in total. The fourth-order valence-electron chi connectivity index (χ4n) is 5.51. The zero-order valence-electron chi connectivity index (χ0n) is 26.6. The van der Waals surface area contributed by atoms with Crippen LogP contribution in [-0.4, -0.2) is 101 Å². The highest BCUT2D eigenvalue weighted by molar-refractivity contribution is 7.92. The van der Waals surface area contributed by atoms with E-state index in [9.17, 15) is 32.7 Å². The number of pyridine rings is 1. The standard InChI is InChI=1S/C32H27F2N9O7S/c1-41-16-38-28-26(41)30(45)43(32(48)42(28)2)20-7-4-17(5-8-20)12-23(31(46)47)39-29(44)25-21(33)13-19(14-22(25)34)40-51(49,50)24-9-6-18(15-37-24)27-35-10-3-11-36-27/h3-11,13-16,23,26,28,40H,12H2,1-2H3,(H,39,44)(H,46,47)/t23-,26?,28?/m0/s1. The Balaban J connectivity index is 1.13. The summed E-state index contributed by atoms with van der Waals surface area (Å²) in [6.45, 7) is 0. The molecule has 16 nitrogen and oxygen atoms in total. The van der Waals surface area contributed by atoms with Gasteiger partial charge in [-0.05, 0) is 48.0 Å². The summed E-state index contributed by atoms with van der Waals surface area (Å²) in [4.78, 5) is 71.2. The van der Waals surface area contributed by atoms with Crippen molar-refractivity contribution in [3.05, 3.63) is 95.9 Å². The van der Waals surface area contributed by atoms with Gasteiger partial charge in [-0.25, -0.2) is 43.2 Å². The number of hydrogen-bond acceptors (Lipinski definition) is 11. The molecule has 4 aromatic rings. The minimum Gasteiger partial charge on any atom is -0.480 e. The van der Waals surface area contributed by atoms with Crippen LogP contribution in [0.25, 0.3) is 11.4 Å². The maximum absolute atomic E-state index is 15.1. The molecule has 2 aliphatic rings. The van der Waals surface area contributed by atoms with Gasteiger partial charge in [0, 0.05) is 44.7 Å². The van der Waals surface area contributed by atoms with Gasteiger partial charge in [-0.2, -0.15) is 8.42 Å². The van der Waals surface area contributed by atoms with Crippen LogP contribution in [0, 0.1) is 11.6 Å². The second kappa shape index (κ2) is 13.5. The van der Waals surface area contributed by atoms with Gasteiger partial charge in [-0.3, -0.25) is 14.3 Å². The van der Waals surface area contributed by atoms with Crippen molar-refractivity contribution in [3.8, 4) is 11.4 Å². The zero-order chi connectivity index (χ0) is 36.6. The molecule has 0 spiro atoms. The minimum atomic E-state index is -4.43. The Morgan fingerprint density at radius 2 is 1.65 bits per heavy atom. The number of halogens is 2. The van der Waals surface area contributed by atoms with Crippen molar-refractivity contribution in [2.75, 3.05) is 23.7 Å². The maximum atomic E-state index is 15.1. The predicted octanol–water partition coefficient (Wildman–Crippen LogP) is 2.11. The van der Waals surface area contributed by atoms with Crippen LogP contribution in [0.5, 0.6) is 0 Å². The van der Waals surface area contributed by atoms with Crippen molar-refractivity contribution < 1.29 is 41.5 Å². The molecule has 0 aliphatic carbocycles. The van der Waals surface area contributed by atoms with Crippen LogP contribution in [0.4, 0.5) is 25.0 Å². The van der Waals surface area contributed by atoms with Crippen molar-refractivity contribution in [1.29, 1.82) is 0 Å². The number of urea groups is 1. The number of sulfonamides is 1. The summed E-state index contributed by atoms with van der Waals surface area (Å²) >= 11 is 0. The van der Waals surface area contributed by atoms with Gasteiger partial charge in [0.1, 0.15) is 23.2 Å². The number of aliphatic carboxylic acids is 1. The molecule has 0 radical (unpaired) electrons. The number of hydrogen-bond donors (Lipinski definition) is 3. The van der Waals surface area contributed by atoms with E-state index >= 15 is 8.78 Å². The minimum absolute atomic E-state index is 0.213. The molecule has 19 heteroatoms. The number of aromatic nitrogens is 3. The number of imide groups is 1. The lowest BCUT2D eigenvalue weighted by molar-refractivity contribution is -0.139. The Labute approximate surface area is 288 Å². The number of amides is 4. The van der Waals surface area contributed by atoms with Gasteiger partial charge < -0.3 is 20.2 Å². The molecule has 4 amide bonds. The molecule has 0 bridgehead atoms. The lowest BCUT2D eigenvalue weighted by Crippen LogP contribution is -2.64. The smallest absolute Gasteiger partial charge is 0.332 e. The van der Waals surface area contributed by atoms with E-state index in [0.29, 0.717) is 29.1 Å². The van der Waals surface area contributed by atoms with Crippen molar-refractivity contribution in [2.24, 2.45) is 4.99 Å². The number of fused-ring (bicyclic) bond motifs is 1. The van der Waals surface area contributed by atoms with Gasteiger partial charge in [-0.15, -0.1) is 0 Å². The molecule has 2 aliphatic heterocycles. The first-order valence-corrected chi connectivity index (χ1v) is 16.5. The number of nitrogens with zero attached hydrogens (tertiary/aromatic N) is 7. The zero-order valence-corrected chi connectivity index (χ0v) is 27.5. The second-order valence-electron chi connectivity index (χ2n) is 11.5. The van der Waals surface area contributed by atoms with Crippen LogP contribution in [-0.2, 0) is 26.0 Å². The Hall–Kier alpha value is -6.37. The van der Waals surface area contributed by atoms with Gasteiger partial charge in [-0.1, -0.05) is 12.1 Å². The normalized spacial score (nSPS) is 17.7. The molecule has 2 aromatic carbocycles. The largest absolute Gasteiger partial charge is 0.480 e. The number of carboxylic acids is 1. The molecule has 2 aromatic heterocycles. The van der Waals surface area contributed by atoms with Gasteiger partial charge in [0.2, 0.25) is 0 Å². The maximum Gasteiger partial charge on any atom is 0.332 e. The number of benzene rings is 2. The number of nitrogens with one attached hydrogen (secondary N) is 2. The first kappa shape index (κ1) is 34.5. The van der Waals surface area contributed by atoms with E-state index < -0.39 is 80.0 Å². The Morgan fingerprint density at radius 1 is 0.980 bits per heavy atom. The molecule has 2 unspecified atom stereocenters. The van der Waals surface area contributed by atoms with E-state index in [1.165, 1.54) is 67.2 Å². The molecule has 1 saturated heterocycles. The van der Waals surface area contributed by atoms with Gasteiger partial charge in [0.05, 0.1) is 17.7 Å². The molecule has 1 fully saturated rings. The van der Waals surface area contributed by atoms with E-state index in [1.54, 1.807) is 18.0 Å². The molecule has 0 saturated carbocycles. The van der Waals surface area contributed by atoms with Crippen LogP contribution in [0.2, 0.25) is 0 Å². The van der Waals surface area contributed by atoms with Crippen LogP contribution in [0.15, 0.2) is 83.2 Å². The Morgan fingerprint density at radius 3 is 2.25 bits per heavy atom. The highest BCUT2D eigenvalue weighted by atomic mass is 32.2. The van der Waals surface area contributed by atoms with Crippen LogP contribution < -0.4 is 14.9 Å². The second-order valence-corrected chi connectivity index (χ2v) is 13.1. The average molecular weight is 720 g/mol. The van der Waals surface area contributed by atoms with Gasteiger partial charge >= 0.3 is 12.0 Å². The number of carboxylic acid groups (broad SMARTS) is 1. The first-order chi connectivity index (χ1) is 24.2. The van der Waals surface area contributed by atoms with E-state index in [4.69, 9.17) is 0 Å². The van der Waals surface area contributed by atoms with E-state index in [0.717, 1.165) is 11.0 Å². The van der Waals surface area contributed by atoms with Crippen molar-refractivity contribution in [1.82, 2.24) is 30.1 Å². The van der Waals surface area contributed by atoms with E-state index in [2.05, 4.69) is 25.3 Å². The summed E-state index contributed by atoms with van der Waals surface area (Å²) in [6, 6.07) is 8.02. The lowest BCUT2D eigenvalue weighted by Gasteiger charge is -2.40. The number of carbonyl (C=O) groups excluding carboxylic acids is 3. The van der Waals surface area contributed by atoms with Crippen molar-refractivity contribution in [3.63, 3.8) is 0 Å². The van der Waals surface area contributed by atoms with Crippen molar-refractivity contribution in [2.45, 2.75) is 29.7 Å². The fourth-order valence-corrected chi connectivity index (χ4v) is 6.48. The Bertz CT molecular complexity index is 2150. The number of anilines is 2. The highest BCUT2D eigenvalue weighted by Crippen LogP contribution is 2.29. The number of rotatable bonds is 10. The predicted molar refractivity (Wildman–Crippen MR) is 176 cm³/mol. The van der Waals surface area contributed by atoms with E-state index in [1.807, 2.05) is 4.72 Å². The molecule has 262 valence electrons. The van der Waals surface area contributed by atoms with Crippen LogP contribution >= 0.6 is 0 Å². The topological polar surface area (TPSA) is 207 Å². The first-order valence-electron chi connectivity index (χ1n) is 15.0.